The van der Waals surface area contributed by atoms with Crippen LogP contribution in [0.4, 0.5) is 4.39 Å². The van der Waals surface area contributed by atoms with Gasteiger partial charge in [0.2, 0.25) is 0 Å². The van der Waals surface area contributed by atoms with Crippen LogP contribution in [0.25, 0.3) is 11.5 Å². The van der Waals surface area contributed by atoms with Crippen LogP contribution in [-0.2, 0) is 11.2 Å². The maximum atomic E-state index is 12.7. The number of Topliss-reactive ketones (excluding diaryl/α,β-unsaturated/α-hetero) is 1. The summed E-state index contributed by atoms with van der Waals surface area (Å²) in [6.07, 6.45) is 0.144. The summed E-state index contributed by atoms with van der Waals surface area (Å²) in [7, 11) is 0. The molecule has 0 radical (unpaired) electrons. The number of nitrogens with zero attached hydrogens (tertiary/aromatic N) is 2. The van der Waals surface area contributed by atoms with Gasteiger partial charge in [-0.1, -0.05) is 5.16 Å². The van der Waals surface area contributed by atoms with Crippen LogP contribution in [0.5, 0.6) is 0 Å². The van der Waals surface area contributed by atoms with E-state index in [1.165, 1.54) is 19.1 Å². The average molecular weight is 220 g/mol. The SMILES string of the molecule is CC(=O)Cc1noc(-c2ccc(F)cc2)n1. The van der Waals surface area contributed by atoms with Gasteiger partial charge in [0.05, 0.1) is 6.42 Å². The smallest absolute Gasteiger partial charge is 0.257 e. The largest absolute Gasteiger partial charge is 0.334 e. The van der Waals surface area contributed by atoms with E-state index in [9.17, 15) is 9.18 Å². The molecule has 82 valence electrons. The van der Waals surface area contributed by atoms with Gasteiger partial charge in [0.15, 0.2) is 5.82 Å². The molecule has 1 heterocycles. The predicted molar refractivity (Wildman–Crippen MR) is 54.1 cm³/mol. The summed E-state index contributed by atoms with van der Waals surface area (Å²) in [6, 6.07) is 5.70. The van der Waals surface area contributed by atoms with Crippen LogP contribution in [-0.4, -0.2) is 15.9 Å². The molecule has 0 atom stereocenters. The number of benzene rings is 1. The number of carbonyl (C=O) groups excluding carboxylic acids is 1. The molecule has 0 fully saturated rings. The molecule has 16 heavy (non-hydrogen) atoms. The Morgan fingerprint density at radius 1 is 1.38 bits per heavy atom. The molecule has 1 aromatic carbocycles. The molecule has 0 amide bonds. The molecule has 2 rings (SSSR count). The van der Waals surface area contributed by atoms with E-state index >= 15 is 0 Å². The Balaban J connectivity index is 2.24. The standard InChI is InChI=1S/C11H9FN2O2/c1-7(15)6-10-13-11(16-14-10)8-2-4-9(12)5-3-8/h2-5H,6H2,1H3. The Kier molecular flexibility index (Phi) is 2.76. The second-order valence-corrected chi connectivity index (χ2v) is 3.40. The normalized spacial score (nSPS) is 10.4. The minimum Gasteiger partial charge on any atom is -0.334 e. The van der Waals surface area contributed by atoms with Gasteiger partial charge in [-0.2, -0.15) is 4.98 Å². The fourth-order valence-corrected chi connectivity index (χ4v) is 1.26. The first-order valence-electron chi connectivity index (χ1n) is 4.73. The molecule has 0 aliphatic rings. The lowest BCUT2D eigenvalue weighted by Gasteiger charge is -1.92. The number of carbonyl (C=O) groups is 1. The molecule has 2 aromatic rings. The summed E-state index contributed by atoms with van der Waals surface area (Å²) in [5.41, 5.74) is 0.628. The Labute approximate surface area is 91.1 Å². The molecule has 4 nitrogen and oxygen atoms in total. The van der Waals surface area contributed by atoms with Crippen molar-refractivity contribution in [1.82, 2.24) is 10.1 Å². The van der Waals surface area contributed by atoms with Crippen molar-refractivity contribution in [1.29, 1.82) is 0 Å². The topological polar surface area (TPSA) is 56.0 Å². The molecule has 0 aliphatic carbocycles. The zero-order valence-corrected chi connectivity index (χ0v) is 8.61. The Morgan fingerprint density at radius 2 is 2.06 bits per heavy atom. The number of ketones is 1. The number of halogens is 1. The molecule has 0 saturated heterocycles. The molecular weight excluding hydrogens is 211 g/mol. The van der Waals surface area contributed by atoms with E-state index in [1.807, 2.05) is 0 Å². The lowest BCUT2D eigenvalue weighted by molar-refractivity contribution is -0.116. The first kappa shape index (κ1) is 10.5. The first-order valence-corrected chi connectivity index (χ1v) is 4.73. The number of hydrogen-bond donors (Lipinski definition) is 0. The predicted octanol–water partition coefficient (Wildman–Crippen LogP) is 2.01. The number of hydrogen-bond acceptors (Lipinski definition) is 4. The van der Waals surface area contributed by atoms with Gasteiger partial charge < -0.3 is 4.52 Å². The fourth-order valence-electron chi connectivity index (χ4n) is 1.26. The number of rotatable bonds is 3. The fraction of sp³-hybridized carbons (Fsp3) is 0.182. The molecule has 0 spiro atoms. The third kappa shape index (κ3) is 2.31. The minimum atomic E-state index is -0.327. The summed E-state index contributed by atoms with van der Waals surface area (Å²) in [5.74, 6) is 0.266. The zero-order valence-electron chi connectivity index (χ0n) is 8.61. The highest BCUT2D eigenvalue weighted by Crippen LogP contribution is 2.17. The Morgan fingerprint density at radius 3 is 2.69 bits per heavy atom. The van der Waals surface area contributed by atoms with E-state index in [0.29, 0.717) is 11.4 Å². The van der Waals surface area contributed by atoms with Crippen LogP contribution in [0, 0.1) is 5.82 Å². The molecule has 0 unspecified atom stereocenters. The summed E-state index contributed by atoms with van der Waals surface area (Å²) in [5, 5.41) is 3.65. The summed E-state index contributed by atoms with van der Waals surface area (Å²) in [4.78, 5) is 14.9. The van der Waals surface area contributed by atoms with Gasteiger partial charge in [0, 0.05) is 5.56 Å². The van der Waals surface area contributed by atoms with Gasteiger partial charge in [0.25, 0.3) is 5.89 Å². The molecular formula is C11H9FN2O2. The maximum Gasteiger partial charge on any atom is 0.257 e. The van der Waals surface area contributed by atoms with Crippen molar-refractivity contribution in [3.8, 4) is 11.5 Å². The van der Waals surface area contributed by atoms with Gasteiger partial charge in [-0.05, 0) is 31.2 Å². The lowest BCUT2D eigenvalue weighted by Crippen LogP contribution is -1.97. The van der Waals surface area contributed by atoms with E-state index in [-0.39, 0.29) is 23.9 Å². The van der Waals surface area contributed by atoms with Crippen LogP contribution in [0.2, 0.25) is 0 Å². The van der Waals surface area contributed by atoms with Crippen LogP contribution < -0.4 is 0 Å². The van der Waals surface area contributed by atoms with Crippen molar-refractivity contribution in [3.05, 3.63) is 35.9 Å². The van der Waals surface area contributed by atoms with Gasteiger partial charge in [-0.25, -0.2) is 4.39 Å². The minimum absolute atomic E-state index is 0.0357. The molecule has 0 saturated carbocycles. The summed E-state index contributed by atoms with van der Waals surface area (Å²) >= 11 is 0. The zero-order chi connectivity index (χ0) is 11.5. The Bertz CT molecular complexity index is 505. The molecule has 0 N–H and O–H groups in total. The van der Waals surface area contributed by atoms with Gasteiger partial charge in [-0.15, -0.1) is 0 Å². The molecule has 0 aliphatic heterocycles. The van der Waals surface area contributed by atoms with E-state index in [1.54, 1.807) is 12.1 Å². The molecule has 5 heteroatoms. The summed E-state index contributed by atoms with van der Waals surface area (Å²) < 4.78 is 17.6. The van der Waals surface area contributed by atoms with Gasteiger partial charge >= 0.3 is 0 Å². The van der Waals surface area contributed by atoms with Crippen molar-refractivity contribution < 1.29 is 13.7 Å². The van der Waals surface area contributed by atoms with Crippen molar-refractivity contribution in [3.63, 3.8) is 0 Å². The third-order valence-corrected chi connectivity index (χ3v) is 1.97. The van der Waals surface area contributed by atoms with E-state index in [0.717, 1.165) is 0 Å². The quantitative estimate of drug-likeness (QED) is 0.793. The van der Waals surface area contributed by atoms with E-state index in [2.05, 4.69) is 10.1 Å². The van der Waals surface area contributed by atoms with E-state index < -0.39 is 0 Å². The third-order valence-electron chi connectivity index (χ3n) is 1.97. The van der Waals surface area contributed by atoms with Gasteiger partial charge in [-0.3, -0.25) is 4.79 Å². The van der Waals surface area contributed by atoms with Crippen LogP contribution in [0.15, 0.2) is 28.8 Å². The van der Waals surface area contributed by atoms with Crippen molar-refractivity contribution in [2.75, 3.05) is 0 Å². The maximum absolute atomic E-state index is 12.7. The van der Waals surface area contributed by atoms with Crippen molar-refractivity contribution in [2.24, 2.45) is 0 Å². The first-order chi connectivity index (χ1) is 7.65. The van der Waals surface area contributed by atoms with Crippen molar-refractivity contribution >= 4 is 5.78 Å². The Hall–Kier alpha value is -2.04. The molecule has 0 bridgehead atoms. The number of aromatic nitrogens is 2. The summed E-state index contributed by atoms with van der Waals surface area (Å²) in [6.45, 7) is 1.45. The highest BCUT2D eigenvalue weighted by Gasteiger charge is 2.09. The second-order valence-electron chi connectivity index (χ2n) is 3.40. The van der Waals surface area contributed by atoms with E-state index in [4.69, 9.17) is 4.52 Å². The van der Waals surface area contributed by atoms with Crippen LogP contribution >= 0.6 is 0 Å². The lowest BCUT2D eigenvalue weighted by atomic mass is 10.2. The highest BCUT2D eigenvalue weighted by atomic mass is 19.1. The van der Waals surface area contributed by atoms with Gasteiger partial charge in [0.1, 0.15) is 11.6 Å². The van der Waals surface area contributed by atoms with Crippen LogP contribution in [0.3, 0.4) is 0 Å². The highest BCUT2D eigenvalue weighted by molar-refractivity contribution is 5.77. The van der Waals surface area contributed by atoms with Crippen LogP contribution in [0.1, 0.15) is 12.7 Å². The second kappa shape index (κ2) is 4.22. The van der Waals surface area contributed by atoms with Crippen molar-refractivity contribution in [2.45, 2.75) is 13.3 Å². The molecule has 1 aromatic heterocycles. The average Bonchev–Trinajstić information content (AvgIpc) is 2.66. The monoisotopic (exact) mass is 220 g/mol.